The fourth-order valence-electron chi connectivity index (χ4n) is 2.15. The van der Waals surface area contributed by atoms with Crippen LogP contribution in [0.4, 0.5) is 0 Å². The smallest absolute Gasteiger partial charge is 0.341 e. The highest BCUT2D eigenvalue weighted by Gasteiger charge is 2.06. The van der Waals surface area contributed by atoms with Crippen molar-refractivity contribution in [2.75, 3.05) is 40.0 Å². The van der Waals surface area contributed by atoms with Gasteiger partial charge in [0.25, 0.3) is 5.91 Å². The van der Waals surface area contributed by atoms with Gasteiger partial charge in [-0.3, -0.25) is 4.79 Å². The van der Waals surface area contributed by atoms with Gasteiger partial charge in [0.05, 0.1) is 10.0 Å². The number of amides is 1. The van der Waals surface area contributed by atoms with E-state index in [1.54, 1.807) is 31.4 Å². The van der Waals surface area contributed by atoms with Gasteiger partial charge in [0.15, 0.2) is 13.2 Å². The molecule has 212 valence electrons. The molecule has 0 radical (unpaired) electrons. The molecule has 0 aliphatic carbocycles. The van der Waals surface area contributed by atoms with Crippen molar-refractivity contribution in [3.63, 3.8) is 0 Å². The number of nitrogens with two attached hydrogens (primary N) is 1. The molecule has 1 amide bonds. The molecule has 0 saturated carbocycles. The van der Waals surface area contributed by atoms with Gasteiger partial charge in [0.2, 0.25) is 0 Å². The van der Waals surface area contributed by atoms with Crippen molar-refractivity contribution in [2.24, 2.45) is 5.73 Å². The van der Waals surface area contributed by atoms with Gasteiger partial charge in [-0.25, -0.2) is 4.79 Å². The first-order valence-corrected chi connectivity index (χ1v) is 12.5. The minimum Gasteiger partial charge on any atom is -0.482 e. The number of carboxylic acids is 1. The minimum atomic E-state index is -1.05. The highest BCUT2D eigenvalue weighted by Crippen LogP contribution is 2.28. The maximum atomic E-state index is 11.4. The molecule has 0 heterocycles. The second-order valence-corrected chi connectivity index (χ2v) is 8.65. The Morgan fingerprint density at radius 1 is 0.946 bits per heavy atom. The summed E-state index contributed by atoms with van der Waals surface area (Å²) in [6, 6.07) is 9.47. The lowest BCUT2D eigenvalue weighted by Gasteiger charge is -2.08. The van der Waals surface area contributed by atoms with Gasteiger partial charge in [-0.15, -0.1) is 0 Å². The molecule has 0 aliphatic rings. The predicted octanol–water partition coefficient (Wildman–Crippen LogP) is 5.15. The Balaban J connectivity index is -0.000000520. The van der Waals surface area contributed by atoms with E-state index in [0.29, 0.717) is 38.1 Å². The number of hydrogen-bond donors (Lipinski definition) is 3. The van der Waals surface area contributed by atoms with Gasteiger partial charge in [-0.1, -0.05) is 59.7 Å². The second-order valence-electron chi connectivity index (χ2n) is 6.96. The van der Waals surface area contributed by atoms with Crippen LogP contribution in [0.3, 0.4) is 0 Å². The first-order chi connectivity index (χ1) is 17.1. The van der Waals surface area contributed by atoms with E-state index in [-0.39, 0.29) is 19.4 Å². The van der Waals surface area contributed by atoms with E-state index in [0.717, 1.165) is 32.4 Å². The highest BCUT2D eigenvalue weighted by atomic mass is 35.5. The van der Waals surface area contributed by atoms with Crippen LogP contribution in [-0.4, -0.2) is 62.5 Å². The number of aliphatic carboxylic acids is 1. The largest absolute Gasteiger partial charge is 0.482 e. The Kier molecular flexibility index (Phi) is 23.3. The summed E-state index contributed by atoms with van der Waals surface area (Å²) >= 11 is 23.0. The third kappa shape index (κ3) is 19.8. The molecule has 13 heteroatoms. The first kappa shape index (κ1) is 37.2. The standard InChI is InChI=1S/C12H15Cl2NO2.C8H6Cl2O3.C4H11NO.H2O.H2/c1-2-3-6-15-12(16)8-17-11-5-4-9(13)7-10(11)14;9-5-1-2-7(6(10)3-5)13-4-8(11)12;1-6-4-2-3-5;;/h4-5,7H,2-3,6,8H2,1H3,(H,15,16);1-3H,4H2,(H,11,12);2-5H2,1H3;1H2;1H/i;;;;1+1. The molecule has 2 aromatic carbocycles. The fraction of sp³-hybridized carbons (Fsp3) is 0.417. The van der Waals surface area contributed by atoms with Gasteiger partial charge in [-0.05, 0) is 55.8 Å². The van der Waals surface area contributed by atoms with Gasteiger partial charge in [-0.2, -0.15) is 0 Å². The number of unbranched alkanes of at least 4 members (excludes halogenated alkanes) is 1. The molecule has 0 saturated heterocycles. The normalized spacial score (nSPS) is 9.49. The van der Waals surface area contributed by atoms with Crippen LogP contribution < -0.4 is 20.5 Å². The average Bonchev–Trinajstić information content (AvgIpc) is 2.82. The number of carboxylic acid groups (broad SMARTS) is 1. The lowest BCUT2D eigenvalue weighted by atomic mass is 10.3. The molecule has 2 aromatic rings. The summed E-state index contributed by atoms with van der Waals surface area (Å²) in [5, 5.41) is 12.8. The molecule has 6 N–H and O–H groups in total. The van der Waals surface area contributed by atoms with E-state index in [1.807, 2.05) is 0 Å². The van der Waals surface area contributed by atoms with Crippen molar-refractivity contribution in [1.29, 1.82) is 0 Å². The number of ether oxygens (including phenoxy) is 3. The number of carbonyl (C=O) groups is 2. The lowest BCUT2D eigenvalue weighted by molar-refractivity contribution is -0.139. The van der Waals surface area contributed by atoms with Crippen molar-refractivity contribution >= 4 is 58.3 Å². The molecule has 0 aliphatic heterocycles. The van der Waals surface area contributed by atoms with E-state index in [1.165, 1.54) is 12.1 Å². The summed E-state index contributed by atoms with van der Waals surface area (Å²) in [7, 11) is 1.68. The zero-order valence-corrected chi connectivity index (χ0v) is 23.7. The molecule has 0 atom stereocenters. The first-order valence-electron chi connectivity index (χ1n) is 11.0. The highest BCUT2D eigenvalue weighted by molar-refractivity contribution is 6.36. The van der Waals surface area contributed by atoms with E-state index >= 15 is 0 Å². The van der Waals surface area contributed by atoms with Crippen molar-refractivity contribution in [2.45, 2.75) is 26.2 Å². The molecule has 2 rings (SSSR count). The van der Waals surface area contributed by atoms with E-state index in [2.05, 4.69) is 12.2 Å². The van der Waals surface area contributed by atoms with Crippen molar-refractivity contribution in [1.82, 2.24) is 5.32 Å². The SMILES string of the molecule is CCCCNC(=O)COc1ccc(Cl)cc1Cl.COCCCN.O.O=C(O)COc1ccc(Cl)cc1Cl.[2HH]. The number of halogens is 4. The van der Waals surface area contributed by atoms with Gasteiger partial charge in [0, 0.05) is 31.7 Å². The number of benzene rings is 2. The monoisotopic (exact) mass is 605 g/mol. The topological polar surface area (TPSA) is 152 Å². The van der Waals surface area contributed by atoms with Crippen LogP contribution in [0.1, 0.15) is 27.6 Å². The van der Waals surface area contributed by atoms with Crippen molar-refractivity contribution < 1.29 is 35.8 Å². The Hall–Kier alpha value is -1.98. The van der Waals surface area contributed by atoms with Gasteiger partial charge < -0.3 is 35.8 Å². The lowest BCUT2D eigenvalue weighted by Crippen LogP contribution is -2.29. The van der Waals surface area contributed by atoms with Crippen LogP contribution in [0.2, 0.25) is 20.1 Å². The maximum Gasteiger partial charge on any atom is 0.341 e. The van der Waals surface area contributed by atoms with Crippen molar-refractivity contribution in [3.8, 4) is 11.5 Å². The van der Waals surface area contributed by atoms with Crippen LogP contribution in [0.25, 0.3) is 0 Å². The maximum absolute atomic E-state index is 11.4. The number of rotatable bonds is 12. The van der Waals surface area contributed by atoms with E-state index in [9.17, 15) is 9.59 Å². The van der Waals surface area contributed by atoms with Crippen LogP contribution in [0.5, 0.6) is 11.5 Å². The molecule has 0 bridgehead atoms. The number of carbonyl (C=O) groups excluding carboxylic acids is 1. The van der Waals surface area contributed by atoms with E-state index < -0.39 is 12.6 Å². The quantitative estimate of drug-likeness (QED) is 0.283. The zero-order chi connectivity index (χ0) is 27.3. The number of hydrogen-bond acceptors (Lipinski definition) is 6. The summed E-state index contributed by atoms with van der Waals surface area (Å²) in [5.41, 5.74) is 5.13. The molecule has 0 aromatic heterocycles. The average molecular weight is 607 g/mol. The Labute approximate surface area is 238 Å². The van der Waals surface area contributed by atoms with Gasteiger partial charge >= 0.3 is 5.97 Å². The number of methoxy groups -OCH3 is 1. The molecule has 0 fully saturated rings. The van der Waals surface area contributed by atoms with E-state index in [4.69, 9.17) is 71.5 Å². The van der Waals surface area contributed by atoms with Crippen molar-refractivity contribution in [3.05, 3.63) is 56.5 Å². The summed E-state index contributed by atoms with van der Waals surface area (Å²) in [4.78, 5) is 21.5. The minimum absolute atomic E-state index is 0. The zero-order valence-electron chi connectivity index (χ0n) is 20.7. The van der Waals surface area contributed by atoms with Crippen LogP contribution in [-0.2, 0) is 14.3 Å². The fourth-order valence-corrected chi connectivity index (χ4v) is 3.08. The molecule has 0 spiro atoms. The predicted molar refractivity (Wildman–Crippen MR) is 151 cm³/mol. The molecule has 0 unspecified atom stereocenters. The van der Waals surface area contributed by atoms with Crippen LogP contribution >= 0.6 is 46.4 Å². The molecule has 9 nitrogen and oxygen atoms in total. The summed E-state index contributed by atoms with van der Waals surface area (Å²) in [6.45, 7) is 3.81. The third-order valence-electron chi connectivity index (χ3n) is 3.90. The molecular formula is C24H36Cl4N2O7. The Bertz CT molecular complexity index is 923. The molecular weight excluding hydrogens is 570 g/mol. The summed E-state index contributed by atoms with van der Waals surface area (Å²) in [5.74, 6) is -0.425. The van der Waals surface area contributed by atoms with Crippen LogP contribution in [0.15, 0.2) is 36.4 Å². The van der Waals surface area contributed by atoms with Crippen LogP contribution in [0, 0.1) is 0 Å². The summed E-state index contributed by atoms with van der Waals surface area (Å²) in [6.07, 6.45) is 2.98. The second kappa shape index (κ2) is 23.2. The number of nitrogens with one attached hydrogen (secondary N) is 1. The molecule has 37 heavy (non-hydrogen) atoms. The Morgan fingerprint density at radius 2 is 1.46 bits per heavy atom. The third-order valence-corrected chi connectivity index (χ3v) is 4.96. The van der Waals surface area contributed by atoms with Gasteiger partial charge in [0.1, 0.15) is 11.5 Å². The Morgan fingerprint density at radius 3 is 1.84 bits per heavy atom. The summed E-state index contributed by atoms with van der Waals surface area (Å²) < 4.78 is 14.8.